The van der Waals surface area contributed by atoms with Crippen LogP contribution in [-0.2, 0) is 11.8 Å². The summed E-state index contributed by atoms with van der Waals surface area (Å²) in [5.74, 6) is -0.674. The van der Waals surface area contributed by atoms with Crippen LogP contribution in [0.1, 0.15) is 52.9 Å². The number of nitrogens with one attached hydrogen (secondary N) is 2. The Bertz CT molecular complexity index is 1210. The Labute approximate surface area is 212 Å². The fourth-order valence-corrected chi connectivity index (χ4v) is 4.30. The van der Waals surface area contributed by atoms with Gasteiger partial charge in [-0.2, -0.15) is 0 Å². The summed E-state index contributed by atoms with van der Waals surface area (Å²) in [5, 5.41) is 24.1. The predicted octanol–water partition coefficient (Wildman–Crippen LogP) is 4.41. The van der Waals surface area contributed by atoms with E-state index >= 15 is 0 Å². The minimum atomic E-state index is -1.03. The molecule has 0 saturated heterocycles. The van der Waals surface area contributed by atoms with E-state index in [4.69, 9.17) is 16.7 Å². The first kappa shape index (κ1) is 26.2. The van der Waals surface area contributed by atoms with Crippen molar-refractivity contribution >= 4 is 46.8 Å². The van der Waals surface area contributed by atoms with Gasteiger partial charge in [-0.3, -0.25) is 9.59 Å². The monoisotopic (exact) mass is 515 g/mol. The van der Waals surface area contributed by atoms with Crippen LogP contribution >= 0.6 is 23.4 Å². The maximum atomic E-state index is 12.9. The molecule has 1 aromatic heterocycles. The van der Waals surface area contributed by atoms with Gasteiger partial charge in [-0.1, -0.05) is 49.3 Å². The molecule has 1 atom stereocenters. The van der Waals surface area contributed by atoms with Gasteiger partial charge >= 0.3 is 5.97 Å². The molecule has 3 N–H and O–H groups in total. The van der Waals surface area contributed by atoms with Gasteiger partial charge in [0.25, 0.3) is 5.91 Å². The van der Waals surface area contributed by atoms with Crippen LogP contribution in [0.2, 0.25) is 5.02 Å². The van der Waals surface area contributed by atoms with Crippen molar-refractivity contribution in [3.05, 3.63) is 70.5 Å². The second-order valence-corrected chi connectivity index (χ2v) is 9.60. The van der Waals surface area contributed by atoms with Crippen molar-refractivity contribution in [1.29, 1.82) is 0 Å². The van der Waals surface area contributed by atoms with Gasteiger partial charge in [-0.15, -0.1) is 10.2 Å². The van der Waals surface area contributed by atoms with Crippen LogP contribution in [0.5, 0.6) is 0 Å². The van der Waals surface area contributed by atoms with Crippen molar-refractivity contribution < 1.29 is 19.5 Å². The highest BCUT2D eigenvalue weighted by Crippen LogP contribution is 2.25. The Kier molecular flexibility index (Phi) is 8.89. The molecule has 184 valence electrons. The van der Waals surface area contributed by atoms with Crippen LogP contribution in [0.3, 0.4) is 0 Å². The number of benzene rings is 2. The van der Waals surface area contributed by atoms with Crippen LogP contribution in [0.15, 0.2) is 53.7 Å². The first-order chi connectivity index (χ1) is 16.7. The molecule has 0 fully saturated rings. The van der Waals surface area contributed by atoms with Gasteiger partial charge in [0.15, 0.2) is 11.0 Å². The molecule has 0 saturated carbocycles. The van der Waals surface area contributed by atoms with Crippen LogP contribution in [0, 0.1) is 5.92 Å². The SMILES string of the molecule is CC(C)C[C@H](NC(=O)c1ccccc1Cl)c1nnc(SCC(=O)Nc2ccc(C(=O)O)cc2)n1C. The highest BCUT2D eigenvalue weighted by molar-refractivity contribution is 7.99. The van der Waals surface area contributed by atoms with E-state index < -0.39 is 12.0 Å². The molecule has 0 bridgehead atoms. The first-order valence-electron chi connectivity index (χ1n) is 10.9. The third kappa shape index (κ3) is 7.06. The quantitative estimate of drug-likeness (QED) is 0.341. The molecule has 11 heteroatoms. The zero-order valence-electron chi connectivity index (χ0n) is 19.5. The number of hydrogen-bond acceptors (Lipinski definition) is 6. The molecule has 0 aliphatic carbocycles. The second-order valence-electron chi connectivity index (χ2n) is 8.25. The normalized spacial score (nSPS) is 11.8. The lowest BCUT2D eigenvalue weighted by atomic mass is 10.0. The van der Waals surface area contributed by atoms with E-state index in [9.17, 15) is 14.4 Å². The number of nitrogens with zero attached hydrogens (tertiary/aromatic N) is 3. The molecule has 0 unspecified atom stereocenters. The number of hydrogen-bond donors (Lipinski definition) is 3. The van der Waals surface area contributed by atoms with Crippen molar-refractivity contribution in [2.24, 2.45) is 13.0 Å². The largest absolute Gasteiger partial charge is 0.478 e. The number of aromatic nitrogens is 3. The number of carbonyl (C=O) groups excluding carboxylic acids is 2. The van der Waals surface area contributed by atoms with E-state index in [0.717, 1.165) is 0 Å². The number of halogens is 1. The minimum absolute atomic E-state index is 0.0769. The third-order valence-electron chi connectivity index (χ3n) is 5.06. The summed E-state index contributed by atoms with van der Waals surface area (Å²) in [6.45, 7) is 4.10. The fraction of sp³-hybridized carbons (Fsp3) is 0.292. The molecule has 0 spiro atoms. The number of anilines is 1. The lowest BCUT2D eigenvalue weighted by Crippen LogP contribution is -2.31. The van der Waals surface area contributed by atoms with Gasteiger partial charge in [0.1, 0.15) is 0 Å². The van der Waals surface area contributed by atoms with Gasteiger partial charge in [-0.05, 0) is 48.7 Å². The molecule has 0 aliphatic heterocycles. The van der Waals surface area contributed by atoms with Crippen molar-refractivity contribution in [2.75, 3.05) is 11.1 Å². The molecular formula is C24H26ClN5O4S. The predicted molar refractivity (Wildman–Crippen MR) is 135 cm³/mol. The molecule has 0 radical (unpaired) electrons. The van der Waals surface area contributed by atoms with E-state index in [2.05, 4.69) is 20.8 Å². The van der Waals surface area contributed by atoms with Gasteiger partial charge in [0.05, 0.1) is 27.9 Å². The van der Waals surface area contributed by atoms with E-state index in [0.29, 0.717) is 33.7 Å². The maximum absolute atomic E-state index is 12.9. The number of rotatable bonds is 10. The zero-order chi connectivity index (χ0) is 25.5. The lowest BCUT2D eigenvalue weighted by molar-refractivity contribution is -0.113. The van der Waals surface area contributed by atoms with Crippen LogP contribution in [0.4, 0.5) is 5.69 Å². The Morgan fingerprint density at radius 1 is 1.09 bits per heavy atom. The summed E-state index contributed by atoms with van der Waals surface area (Å²) in [4.78, 5) is 36.2. The fourth-order valence-electron chi connectivity index (χ4n) is 3.36. The first-order valence-corrected chi connectivity index (χ1v) is 12.2. The summed E-state index contributed by atoms with van der Waals surface area (Å²) in [5.41, 5.74) is 1.02. The summed E-state index contributed by atoms with van der Waals surface area (Å²) < 4.78 is 1.76. The van der Waals surface area contributed by atoms with Crippen LogP contribution < -0.4 is 10.6 Å². The van der Waals surface area contributed by atoms with E-state index in [1.54, 1.807) is 35.9 Å². The van der Waals surface area contributed by atoms with Crippen molar-refractivity contribution in [3.8, 4) is 0 Å². The zero-order valence-corrected chi connectivity index (χ0v) is 21.1. The number of aromatic carboxylic acids is 1. The topological polar surface area (TPSA) is 126 Å². The molecular weight excluding hydrogens is 490 g/mol. The second kappa shape index (κ2) is 11.9. The summed E-state index contributed by atoms with van der Waals surface area (Å²) >= 11 is 7.39. The molecule has 0 aliphatic rings. The summed E-state index contributed by atoms with van der Waals surface area (Å²) in [7, 11) is 1.79. The van der Waals surface area contributed by atoms with Crippen LogP contribution in [-0.4, -0.2) is 43.4 Å². The highest BCUT2D eigenvalue weighted by Gasteiger charge is 2.24. The highest BCUT2D eigenvalue weighted by atomic mass is 35.5. The standard InChI is InChI=1S/C24H26ClN5O4S/c1-14(2)12-19(27-22(32)17-6-4-5-7-18(17)25)21-28-29-24(30(21)3)35-13-20(31)26-16-10-8-15(9-11-16)23(33)34/h4-11,14,19H,12-13H2,1-3H3,(H,26,31)(H,27,32)(H,33,34)/t19-/m0/s1. The molecule has 2 aromatic carbocycles. The van der Waals surface area contributed by atoms with E-state index in [-0.39, 0.29) is 29.0 Å². The van der Waals surface area contributed by atoms with Crippen molar-refractivity contribution in [3.63, 3.8) is 0 Å². The van der Waals surface area contributed by atoms with E-state index in [1.807, 2.05) is 13.8 Å². The van der Waals surface area contributed by atoms with Gasteiger partial charge in [-0.25, -0.2) is 4.79 Å². The van der Waals surface area contributed by atoms with Crippen LogP contribution in [0.25, 0.3) is 0 Å². The maximum Gasteiger partial charge on any atom is 0.335 e. The molecule has 3 rings (SSSR count). The molecule has 2 amide bonds. The smallest absolute Gasteiger partial charge is 0.335 e. The Morgan fingerprint density at radius 3 is 2.40 bits per heavy atom. The average molecular weight is 516 g/mol. The number of thioether (sulfide) groups is 1. The molecule has 9 nitrogen and oxygen atoms in total. The average Bonchev–Trinajstić information content (AvgIpc) is 3.17. The Morgan fingerprint density at radius 2 is 1.77 bits per heavy atom. The van der Waals surface area contributed by atoms with Gasteiger partial charge in [0, 0.05) is 12.7 Å². The summed E-state index contributed by atoms with van der Waals surface area (Å²) in [6.07, 6.45) is 0.639. The number of carbonyl (C=O) groups is 3. The van der Waals surface area contributed by atoms with E-state index in [1.165, 1.54) is 36.0 Å². The minimum Gasteiger partial charge on any atom is -0.478 e. The third-order valence-corrected chi connectivity index (χ3v) is 6.41. The van der Waals surface area contributed by atoms with Gasteiger partial charge < -0.3 is 20.3 Å². The number of amides is 2. The molecule has 35 heavy (non-hydrogen) atoms. The Balaban J connectivity index is 1.66. The molecule has 3 aromatic rings. The number of carboxylic acids is 1. The molecule has 1 heterocycles. The Hall–Kier alpha value is -3.37. The lowest BCUT2D eigenvalue weighted by Gasteiger charge is -2.20. The van der Waals surface area contributed by atoms with Gasteiger partial charge in [0.2, 0.25) is 5.91 Å². The number of carboxylic acid groups (broad SMARTS) is 1. The summed E-state index contributed by atoms with van der Waals surface area (Å²) in [6, 6.07) is 12.4. The van der Waals surface area contributed by atoms with Crippen molar-refractivity contribution in [1.82, 2.24) is 20.1 Å². The van der Waals surface area contributed by atoms with Crippen molar-refractivity contribution in [2.45, 2.75) is 31.5 Å².